The monoisotopic (exact) mass is 336 g/mol. The molecule has 128 valence electrons. The van der Waals surface area contributed by atoms with Gasteiger partial charge < -0.3 is 14.2 Å². The zero-order valence-corrected chi connectivity index (χ0v) is 16.0. The summed E-state index contributed by atoms with van der Waals surface area (Å²) in [6, 6.07) is 10.3. The molecule has 1 aromatic rings. The Balaban J connectivity index is 3.40. The standard InChI is InChI=1S/C18H28O4Si/c1-7-13-18(2,16(17(19)21-4)22-14-20-3)23(5,6)15-11-9-8-10-12-15/h7-13,16H,14H2,1-6H3/b13-7+/t16-,18-/m1/s1. The van der Waals surface area contributed by atoms with Crippen molar-refractivity contribution in [2.24, 2.45) is 0 Å². The van der Waals surface area contributed by atoms with Crippen LogP contribution in [0.1, 0.15) is 13.8 Å². The van der Waals surface area contributed by atoms with E-state index >= 15 is 0 Å². The molecule has 0 unspecified atom stereocenters. The number of hydrogen-bond donors (Lipinski definition) is 0. The molecule has 5 heteroatoms. The fourth-order valence-corrected chi connectivity index (χ4v) is 5.95. The van der Waals surface area contributed by atoms with Crippen LogP contribution in [0.15, 0.2) is 42.5 Å². The molecule has 1 rings (SSSR count). The lowest BCUT2D eigenvalue weighted by molar-refractivity contribution is -0.164. The van der Waals surface area contributed by atoms with Crippen molar-refractivity contribution in [2.45, 2.75) is 38.1 Å². The maximum atomic E-state index is 12.4. The van der Waals surface area contributed by atoms with E-state index in [-0.39, 0.29) is 12.8 Å². The summed E-state index contributed by atoms with van der Waals surface area (Å²) in [6.07, 6.45) is 3.33. The summed E-state index contributed by atoms with van der Waals surface area (Å²) in [5, 5.41) is 0.782. The van der Waals surface area contributed by atoms with Crippen LogP contribution in [-0.2, 0) is 19.0 Å². The van der Waals surface area contributed by atoms with Crippen LogP contribution in [-0.4, -0.2) is 41.2 Å². The number of carbonyl (C=O) groups excluding carboxylic acids is 1. The summed E-state index contributed by atoms with van der Waals surface area (Å²) in [4.78, 5) is 12.4. The molecule has 1 aromatic carbocycles. The van der Waals surface area contributed by atoms with Crippen molar-refractivity contribution in [1.82, 2.24) is 0 Å². The molecular formula is C18H28O4Si. The van der Waals surface area contributed by atoms with Crippen LogP contribution < -0.4 is 5.19 Å². The van der Waals surface area contributed by atoms with Crippen molar-refractivity contribution in [3.63, 3.8) is 0 Å². The number of methoxy groups -OCH3 is 2. The van der Waals surface area contributed by atoms with Gasteiger partial charge in [0.05, 0.1) is 15.2 Å². The van der Waals surface area contributed by atoms with Gasteiger partial charge in [-0.1, -0.05) is 67.7 Å². The Labute approximate surface area is 140 Å². The van der Waals surface area contributed by atoms with Crippen molar-refractivity contribution in [3.8, 4) is 0 Å². The molecule has 4 nitrogen and oxygen atoms in total. The number of hydrogen-bond acceptors (Lipinski definition) is 4. The first-order chi connectivity index (χ1) is 10.8. The second-order valence-electron chi connectivity index (χ2n) is 6.25. The third-order valence-corrected chi connectivity index (χ3v) is 9.57. The maximum Gasteiger partial charge on any atom is 0.335 e. The van der Waals surface area contributed by atoms with Crippen LogP contribution in [0.25, 0.3) is 0 Å². The van der Waals surface area contributed by atoms with Crippen molar-refractivity contribution in [2.75, 3.05) is 21.0 Å². The van der Waals surface area contributed by atoms with Gasteiger partial charge in [-0.2, -0.15) is 0 Å². The molecule has 0 bridgehead atoms. The molecule has 0 fully saturated rings. The normalized spacial score (nSPS) is 16.1. The minimum Gasteiger partial charge on any atom is -0.467 e. The topological polar surface area (TPSA) is 44.8 Å². The van der Waals surface area contributed by atoms with E-state index in [4.69, 9.17) is 14.2 Å². The van der Waals surface area contributed by atoms with Crippen LogP contribution in [0.2, 0.25) is 18.1 Å². The van der Waals surface area contributed by atoms with Gasteiger partial charge in [-0.25, -0.2) is 4.79 Å². The predicted molar refractivity (Wildman–Crippen MR) is 95.5 cm³/mol. The number of benzene rings is 1. The lowest BCUT2D eigenvalue weighted by Crippen LogP contribution is -2.58. The fraction of sp³-hybridized carbons (Fsp3) is 0.500. The largest absolute Gasteiger partial charge is 0.467 e. The molecule has 0 saturated heterocycles. The lowest BCUT2D eigenvalue weighted by atomic mass is 10.0. The quantitative estimate of drug-likeness (QED) is 0.317. The highest BCUT2D eigenvalue weighted by Crippen LogP contribution is 2.44. The van der Waals surface area contributed by atoms with Crippen molar-refractivity contribution in [1.29, 1.82) is 0 Å². The molecule has 0 aliphatic heterocycles. The number of rotatable bonds is 8. The molecule has 0 heterocycles. The van der Waals surface area contributed by atoms with Gasteiger partial charge in [0, 0.05) is 12.1 Å². The van der Waals surface area contributed by atoms with Gasteiger partial charge in [0.1, 0.15) is 6.79 Å². The summed E-state index contributed by atoms with van der Waals surface area (Å²) < 4.78 is 15.8. The van der Waals surface area contributed by atoms with E-state index in [1.165, 1.54) is 12.3 Å². The van der Waals surface area contributed by atoms with Gasteiger partial charge in [0.2, 0.25) is 0 Å². The van der Waals surface area contributed by atoms with Gasteiger partial charge in [-0.3, -0.25) is 0 Å². The molecule has 0 N–H and O–H groups in total. The Morgan fingerprint density at radius 2 is 1.87 bits per heavy atom. The van der Waals surface area contributed by atoms with Crippen molar-refractivity contribution in [3.05, 3.63) is 42.5 Å². The van der Waals surface area contributed by atoms with E-state index in [2.05, 4.69) is 38.2 Å². The highest BCUT2D eigenvalue weighted by Gasteiger charge is 2.51. The molecule has 0 amide bonds. The summed E-state index contributed by atoms with van der Waals surface area (Å²) in [6.45, 7) is 8.57. The van der Waals surface area contributed by atoms with Crippen LogP contribution >= 0.6 is 0 Å². The molecule has 0 aliphatic carbocycles. The highest BCUT2D eigenvalue weighted by atomic mass is 28.3. The third kappa shape index (κ3) is 4.10. The maximum absolute atomic E-state index is 12.4. The van der Waals surface area contributed by atoms with Gasteiger partial charge in [0.25, 0.3) is 0 Å². The number of allylic oxidation sites excluding steroid dienone is 1. The second kappa shape index (κ2) is 8.43. The van der Waals surface area contributed by atoms with Crippen LogP contribution in [0.5, 0.6) is 0 Å². The highest BCUT2D eigenvalue weighted by molar-refractivity contribution is 6.93. The molecule has 0 aromatic heterocycles. The van der Waals surface area contributed by atoms with Gasteiger partial charge in [-0.05, 0) is 6.92 Å². The first-order valence-electron chi connectivity index (χ1n) is 7.73. The number of esters is 1. The summed E-state index contributed by atoms with van der Waals surface area (Å²) in [5.41, 5.74) is 0. The molecule has 0 aliphatic rings. The Hall–Kier alpha value is -1.43. The van der Waals surface area contributed by atoms with E-state index < -0.39 is 19.2 Å². The Morgan fingerprint density at radius 3 is 2.35 bits per heavy atom. The first-order valence-corrected chi connectivity index (χ1v) is 10.7. The Bertz CT molecular complexity index is 527. The van der Waals surface area contributed by atoms with Crippen LogP contribution in [0, 0.1) is 0 Å². The molecule has 2 atom stereocenters. The van der Waals surface area contributed by atoms with E-state index in [9.17, 15) is 4.79 Å². The molecule has 0 radical (unpaired) electrons. The zero-order chi connectivity index (χ0) is 17.5. The Morgan fingerprint density at radius 1 is 1.26 bits per heavy atom. The summed E-state index contributed by atoms with van der Waals surface area (Å²) in [7, 11) is 0.816. The number of ether oxygens (including phenoxy) is 3. The van der Waals surface area contributed by atoms with Crippen LogP contribution in [0.3, 0.4) is 0 Å². The van der Waals surface area contributed by atoms with Crippen LogP contribution in [0.4, 0.5) is 0 Å². The average Bonchev–Trinajstić information content (AvgIpc) is 2.55. The number of carbonyl (C=O) groups is 1. The summed E-state index contributed by atoms with van der Waals surface area (Å²) >= 11 is 0. The van der Waals surface area contributed by atoms with Gasteiger partial charge in [-0.15, -0.1) is 0 Å². The van der Waals surface area contributed by atoms with E-state index in [0.717, 1.165) is 0 Å². The third-order valence-electron chi connectivity index (χ3n) is 4.67. The van der Waals surface area contributed by atoms with Gasteiger partial charge >= 0.3 is 5.97 Å². The molecule has 0 saturated carbocycles. The lowest BCUT2D eigenvalue weighted by Gasteiger charge is -2.44. The molecule has 0 spiro atoms. The smallest absolute Gasteiger partial charge is 0.335 e. The van der Waals surface area contributed by atoms with E-state index in [0.29, 0.717) is 0 Å². The fourth-order valence-electron chi connectivity index (χ4n) is 2.86. The van der Waals surface area contributed by atoms with Crippen molar-refractivity contribution < 1.29 is 19.0 Å². The zero-order valence-electron chi connectivity index (χ0n) is 15.0. The first kappa shape index (κ1) is 19.6. The Kier molecular flexibility index (Phi) is 7.19. The van der Waals surface area contributed by atoms with E-state index in [1.807, 2.05) is 31.2 Å². The average molecular weight is 337 g/mol. The van der Waals surface area contributed by atoms with Crippen molar-refractivity contribution >= 4 is 19.2 Å². The molecule has 23 heavy (non-hydrogen) atoms. The molecular weight excluding hydrogens is 308 g/mol. The second-order valence-corrected chi connectivity index (χ2v) is 11.2. The summed E-state index contributed by atoms with van der Waals surface area (Å²) in [5.74, 6) is -0.376. The van der Waals surface area contributed by atoms with Gasteiger partial charge in [0.15, 0.2) is 6.10 Å². The predicted octanol–water partition coefficient (Wildman–Crippen LogP) is 3.10. The SMILES string of the molecule is C/C=C/[C@](C)([C@H](OCOC)C(=O)OC)[Si](C)(C)c1ccccc1. The minimum absolute atomic E-state index is 0.0478. The minimum atomic E-state index is -2.11. The van der Waals surface area contributed by atoms with E-state index in [1.54, 1.807) is 7.11 Å².